The van der Waals surface area contributed by atoms with E-state index in [2.05, 4.69) is 5.32 Å². The number of hydrogen-bond acceptors (Lipinski definition) is 4. The molecule has 2 aliphatic rings. The van der Waals surface area contributed by atoms with Crippen LogP contribution in [0.5, 0.6) is 0 Å². The minimum atomic E-state index is -3.58. The molecule has 1 fully saturated rings. The number of hydrogen-bond donors (Lipinski definition) is 1. The molecule has 1 atom stereocenters. The number of carbonyl (C=O) groups is 2. The molecule has 34 heavy (non-hydrogen) atoms. The van der Waals surface area contributed by atoms with Gasteiger partial charge in [0.2, 0.25) is 21.8 Å². The van der Waals surface area contributed by atoms with Crippen LogP contribution in [0.3, 0.4) is 0 Å². The van der Waals surface area contributed by atoms with E-state index in [4.69, 9.17) is 0 Å². The predicted octanol–water partition coefficient (Wildman–Crippen LogP) is 3.20. The van der Waals surface area contributed by atoms with Crippen LogP contribution in [0.4, 0.5) is 5.69 Å². The number of benzene rings is 2. The topological polar surface area (TPSA) is 86.8 Å². The quantitative estimate of drug-likeness (QED) is 0.655. The van der Waals surface area contributed by atoms with E-state index in [-0.39, 0.29) is 23.1 Å². The van der Waals surface area contributed by atoms with Crippen molar-refractivity contribution in [1.82, 2.24) is 9.62 Å². The van der Waals surface area contributed by atoms with Crippen molar-refractivity contribution in [2.45, 2.75) is 63.3 Å². The van der Waals surface area contributed by atoms with Gasteiger partial charge in [-0.25, -0.2) is 8.42 Å². The second-order valence-corrected chi connectivity index (χ2v) is 11.1. The van der Waals surface area contributed by atoms with Gasteiger partial charge in [-0.1, -0.05) is 43.2 Å². The van der Waals surface area contributed by atoms with Crippen LogP contribution in [0.2, 0.25) is 0 Å². The van der Waals surface area contributed by atoms with Crippen LogP contribution in [0.25, 0.3) is 0 Å². The Morgan fingerprint density at radius 1 is 1.03 bits per heavy atom. The Morgan fingerprint density at radius 3 is 2.41 bits per heavy atom. The van der Waals surface area contributed by atoms with Crippen molar-refractivity contribution in [3.05, 3.63) is 59.2 Å². The highest BCUT2D eigenvalue weighted by Crippen LogP contribution is 2.35. The van der Waals surface area contributed by atoms with Crippen molar-refractivity contribution in [3.8, 4) is 0 Å². The van der Waals surface area contributed by atoms with Gasteiger partial charge in [-0.3, -0.25) is 14.5 Å². The Balaban J connectivity index is 1.50. The van der Waals surface area contributed by atoms with E-state index >= 15 is 0 Å². The van der Waals surface area contributed by atoms with Gasteiger partial charge in [-0.15, -0.1) is 0 Å². The standard InChI is InChI=1S/C26H33N3O4S/c1-3-25(30)29-23-12-11-22(34(32,33)28-15-5-4-6-16-28)17-21(23)18-24(29)26(31)27-14-13-20-9-7-19(2)8-10-20/h7-12,17,24H,3-6,13-16,18H2,1-2H3,(H,27,31). The Hall–Kier alpha value is -2.71. The first-order valence-electron chi connectivity index (χ1n) is 12.1. The van der Waals surface area contributed by atoms with Crippen LogP contribution in [0, 0.1) is 6.92 Å². The summed E-state index contributed by atoms with van der Waals surface area (Å²) >= 11 is 0. The lowest BCUT2D eigenvalue weighted by Crippen LogP contribution is -2.48. The minimum Gasteiger partial charge on any atom is -0.354 e. The summed E-state index contributed by atoms with van der Waals surface area (Å²) in [5.41, 5.74) is 3.67. The number of nitrogens with one attached hydrogen (secondary N) is 1. The number of amides is 2. The van der Waals surface area contributed by atoms with E-state index in [0.717, 1.165) is 30.4 Å². The molecule has 0 aromatic heterocycles. The van der Waals surface area contributed by atoms with E-state index in [1.165, 1.54) is 14.8 Å². The number of rotatable bonds is 7. The number of fused-ring (bicyclic) bond motifs is 1. The fourth-order valence-corrected chi connectivity index (χ4v) is 6.30. The average Bonchev–Trinajstić information content (AvgIpc) is 3.24. The van der Waals surface area contributed by atoms with Crippen LogP contribution in [0.15, 0.2) is 47.4 Å². The molecule has 2 aromatic rings. The van der Waals surface area contributed by atoms with Crippen molar-refractivity contribution in [2.75, 3.05) is 24.5 Å². The molecule has 1 unspecified atom stereocenters. The molecule has 0 aliphatic carbocycles. The molecule has 0 saturated carbocycles. The molecule has 0 bridgehead atoms. The third-order valence-corrected chi connectivity index (χ3v) is 8.59. The van der Waals surface area contributed by atoms with Crippen molar-refractivity contribution in [3.63, 3.8) is 0 Å². The Morgan fingerprint density at radius 2 is 1.74 bits per heavy atom. The maximum Gasteiger partial charge on any atom is 0.243 e. The van der Waals surface area contributed by atoms with Crippen LogP contribution in [-0.2, 0) is 32.5 Å². The van der Waals surface area contributed by atoms with Crippen LogP contribution in [0.1, 0.15) is 49.3 Å². The molecular formula is C26H33N3O4S. The van der Waals surface area contributed by atoms with Gasteiger partial charge in [-0.2, -0.15) is 4.31 Å². The van der Waals surface area contributed by atoms with E-state index in [1.54, 1.807) is 25.1 Å². The van der Waals surface area contributed by atoms with E-state index in [1.807, 2.05) is 31.2 Å². The molecule has 1 saturated heterocycles. The number of aryl methyl sites for hydroxylation is 1. The molecular weight excluding hydrogens is 450 g/mol. The zero-order chi connectivity index (χ0) is 24.3. The molecule has 2 amide bonds. The second kappa shape index (κ2) is 10.3. The molecule has 7 nitrogen and oxygen atoms in total. The molecule has 182 valence electrons. The second-order valence-electron chi connectivity index (χ2n) is 9.12. The maximum atomic E-state index is 13.1. The van der Waals surface area contributed by atoms with E-state index < -0.39 is 16.1 Å². The summed E-state index contributed by atoms with van der Waals surface area (Å²) in [5, 5.41) is 2.97. The Labute approximate surface area is 202 Å². The third kappa shape index (κ3) is 5.03. The van der Waals surface area contributed by atoms with Gasteiger partial charge >= 0.3 is 0 Å². The Kier molecular flexibility index (Phi) is 7.38. The number of piperidine rings is 1. The summed E-state index contributed by atoms with van der Waals surface area (Å²) < 4.78 is 27.8. The lowest BCUT2D eigenvalue weighted by atomic mass is 10.1. The average molecular weight is 484 g/mol. The highest BCUT2D eigenvalue weighted by Gasteiger charge is 2.38. The van der Waals surface area contributed by atoms with Crippen LogP contribution >= 0.6 is 0 Å². The van der Waals surface area contributed by atoms with Crippen LogP contribution < -0.4 is 10.2 Å². The lowest BCUT2D eigenvalue weighted by molar-refractivity contribution is -0.126. The molecule has 8 heteroatoms. The summed E-state index contributed by atoms with van der Waals surface area (Å²) in [7, 11) is -3.58. The normalized spacial score (nSPS) is 18.5. The largest absolute Gasteiger partial charge is 0.354 e. The van der Waals surface area contributed by atoms with Gasteiger partial charge < -0.3 is 5.32 Å². The molecule has 2 heterocycles. The van der Waals surface area contributed by atoms with Gasteiger partial charge in [0.15, 0.2) is 0 Å². The smallest absolute Gasteiger partial charge is 0.243 e. The summed E-state index contributed by atoms with van der Waals surface area (Å²) in [4.78, 5) is 27.6. The molecule has 4 rings (SSSR count). The highest BCUT2D eigenvalue weighted by atomic mass is 32.2. The fourth-order valence-electron chi connectivity index (χ4n) is 4.73. The van der Waals surface area contributed by atoms with Crippen molar-refractivity contribution in [2.24, 2.45) is 0 Å². The number of nitrogens with zero attached hydrogens (tertiary/aromatic N) is 2. The predicted molar refractivity (Wildman–Crippen MR) is 132 cm³/mol. The third-order valence-electron chi connectivity index (χ3n) is 6.70. The molecule has 2 aliphatic heterocycles. The molecule has 1 N–H and O–H groups in total. The van der Waals surface area contributed by atoms with Gasteiger partial charge in [0.1, 0.15) is 6.04 Å². The Bertz CT molecular complexity index is 1160. The first-order chi connectivity index (χ1) is 16.3. The SMILES string of the molecule is CCC(=O)N1c2ccc(S(=O)(=O)N3CCCCC3)cc2CC1C(=O)NCCc1ccc(C)cc1. The van der Waals surface area contributed by atoms with Gasteiger partial charge in [-0.05, 0) is 55.5 Å². The van der Waals surface area contributed by atoms with E-state index in [0.29, 0.717) is 38.2 Å². The first-order valence-corrected chi connectivity index (χ1v) is 13.5. The summed E-state index contributed by atoms with van der Waals surface area (Å²) in [6.07, 6.45) is 4.05. The zero-order valence-corrected chi connectivity index (χ0v) is 20.7. The lowest BCUT2D eigenvalue weighted by Gasteiger charge is -2.26. The van der Waals surface area contributed by atoms with Gasteiger partial charge in [0.25, 0.3) is 0 Å². The molecule has 0 spiro atoms. The number of carbonyl (C=O) groups excluding carboxylic acids is 2. The molecule has 2 aromatic carbocycles. The monoisotopic (exact) mass is 483 g/mol. The first kappa shape index (κ1) is 24.4. The summed E-state index contributed by atoms with van der Waals surface area (Å²) in [6, 6.07) is 12.4. The summed E-state index contributed by atoms with van der Waals surface area (Å²) in [5.74, 6) is -0.366. The van der Waals surface area contributed by atoms with E-state index in [9.17, 15) is 18.0 Å². The fraction of sp³-hybridized carbons (Fsp3) is 0.462. The van der Waals surface area contributed by atoms with Crippen LogP contribution in [-0.4, -0.2) is 50.2 Å². The number of anilines is 1. The minimum absolute atomic E-state index is 0.149. The molecule has 0 radical (unpaired) electrons. The zero-order valence-electron chi connectivity index (χ0n) is 19.9. The van der Waals surface area contributed by atoms with Gasteiger partial charge in [0.05, 0.1) is 4.90 Å². The van der Waals surface area contributed by atoms with Crippen molar-refractivity contribution in [1.29, 1.82) is 0 Å². The number of sulfonamides is 1. The summed E-state index contributed by atoms with van der Waals surface area (Å²) in [6.45, 7) is 5.34. The highest BCUT2D eigenvalue weighted by molar-refractivity contribution is 7.89. The van der Waals surface area contributed by atoms with Crippen molar-refractivity contribution >= 4 is 27.5 Å². The van der Waals surface area contributed by atoms with Crippen molar-refractivity contribution < 1.29 is 18.0 Å². The maximum absolute atomic E-state index is 13.1. The van der Waals surface area contributed by atoms with Gasteiger partial charge in [0, 0.05) is 38.2 Å².